The maximum Gasteiger partial charge on any atom is 0.243 e. The lowest BCUT2D eigenvalue weighted by molar-refractivity contribution is -0.141. The topological polar surface area (TPSA) is 86.8 Å². The molecule has 7 nitrogen and oxygen atoms in total. The number of nitrogens with zero attached hydrogens (tertiary/aromatic N) is 2. The maximum atomic E-state index is 13.4. The van der Waals surface area contributed by atoms with E-state index in [1.54, 1.807) is 37.3 Å². The first-order chi connectivity index (χ1) is 16.0. The van der Waals surface area contributed by atoms with Crippen molar-refractivity contribution in [1.29, 1.82) is 0 Å². The fourth-order valence-electron chi connectivity index (χ4n) is 3.38. The third kappa shape index (κ3) is 7.18. The second kappa shape index (κ2) is 12.5. The molecule has 0 radical (unpaired) electrons. The molecular formula is C24H31Cl2N3O4S. The molecule has 2 aromatic carbocycles. The SMILES string of the molecule is CCCNC(=O)[C@@H](CC)N(Cc1ccc(Cl)c(Cl)c1)C(=O)CN(C)S(=O)(=O)c1ccc(C)cc1. The minimum absolute atomic E-state index is 0.0756. The van der Waals surface area contributed by atoms with E-state index in [1.165, 1.54) is 24.1 Å². The third-order valence-electron chi connectivity index (χ3n) is 5.36. The minimum atomic E-state index is -3.89. The number of rotatable bonds is 11. The summed E-state index contributed by atoms with van der Waals surface area (Å²) < 4.78 is 27.0. The van der Waals surface area contributed by atoms with Gasteiger partial charge in [0.2, 0.25) is 21.8 Å². The van der Waals surface area contributed by atoms with Crippen LogP contribution in [0.4, 0.5) is 0 Å². The molecule has 186 valence electrons. The molecule has 2 rings (SSSR count). The average Bonchev–Trinajstić information content (AvgIpc) is 2.79. The molecular weight excluding hydrogens is 497 g/mol. The highest BCUT2D eigenvalue weighted by Gasteiger charge is 2.31. The van der Waals surface area contributed by atoms with E-state index in [0.29, 0.717) is 28.6 Å². The van der Waals surface area contributed by atoms with Crippen molar-refractivity contribution in [3.63, 3.8) is 0 Å². The molecule has 0 aliphatic rings. The third-order valence-corrected chi connectivity index (χ3v) is 7.92. The van der Waals surface area contributed by atoms with Gasteiger partial charge >= 0.3 is 0 Å². The number of hydrogen-bond donors (Lipinski definition) is 1. The van der Waals surface area contributed by atoms with Gasteiger partial charge in [-0.25, -0.2) is 8.42 Å². The first-order valence-electron chi connectivity index (χ1n) is 11.0. The Balaban J connectivity index is 2.33. The van der Waals surface area contributed by atoms with Gasteiger partial charge in [-0.2, -0.15) is 4.31 Å². The van der Waals surface area contributed by atoms with Crippen LogP contribution in [-0.4, -0.2) is 55.6 Å². The van der Waals surface area contributed by atoms with Crippen LogP contribution in [0.1, 0.15) is 37.8 Å². The smallest absolute Gasteiger partial charge is 0.243 e. The molecule has 0 aliphatic heterocycles. The molecule has 0 spiro atoms. The van der Waals surface area contributed by atoms with E-state index in [4.69, 9.17) is 23.2 Å². The zero-order chi connectivity index (χ0) is 25.5. The van der Waals surface area contributed by atoms with Gasteiger partial charge in [-0.3, -0.25) is 9.59 Å². The van der Waals surface area contributed by atoms with E-state index in [2.05, 4.69) is 5.32 Å². The van der Waals surface area contributed by atoms with Gasteiger partial charge in [0.25, 0.3) is 0 Å². The predicted octanol–water partition coefficient (Wildman–Crippen LogP) is 4.26. The summed E-state index contributed by atoms with van der Waals surface area (Å²) in [5.74, 6) is -0.787. The van der Waals surface area contributed by atoms with Gasteiger partial charge in [0, 0.05) is 20.1 Å². The van der Waals surface area contributed by atoms with E-state index >= 15 is 0 Å². The number of carbonyl (C=O) groups is 2. The van der Waals surface area contributed by atoms with Gasteiger partial charge < -0.3 is 10.2 Å². The molecule has 1 atom stereocenters. The molecule has 0 aromatic heterocycles. The summed E-state index contributed by atoms with van der Waals surface area (Å²) in [5, 5.41) is 3.53. The van der Waals surface area contributed by atoms with Crippen LogP contribution in [0.25, 0.3) is 0 Å². The Morgan fingerprint density at radius 3 is 2.24 bits per heavy atom. The number of amides is 2. The van der Waals surface area contributed by atoms with Gasteiger partial charge in [-0.15, -0.1) is 0 Å². The Labute approximate surface area is 212 Å². The second-order valence-corrected chi connectivity index (χ2v) is 10.9. The summed E-state index contributed by atoms with van der Waals surface area (Å²) in [6, 6.07) is 10.6. The zero-order valence-electron chi connectivity index (χ0n) is 19.8. The lowest BCUT2D eigenvalue weighted by Gasteiger charge is -2.32. The summed E-state index contributed by atoms with van der Waals surface area (Å²) in [7, 11) is -2.54. The maximum absolute atomic E-state index is 13.4. The monoisotopic (exact) mass is 527 g/mol. The summed E-state index contributed by atoms with van der Waals surface area (Å²) in [5.41, 5.74) is 1.60. The lowest BCUT2D eigenvalue weighted by atomic mass is 10.1. The molecule has 1 N–H and O–H groups in total. The van der Waals surface area contributed by atoms with Crippen molar-refractivity contribution >= 4 is 45.0 Å². The van der Waals surface area contributed by atoms with Gasteiger partial charge in [-0.1, -0.05) is 60.8 Å². The Kier molecular flexibility index (Phi) is 10.4. The van der Waals surface area contributed by atoms with Gasteiger partial charge in [0.05, 0.1) is 21.5 Å². The molecule has 34 heavy (non-hydrogen) atoms. The van der Waals surface area contributed by atoms with Gasteiger partial charge in [0.15, 0.2) is 0 Å². The Morgan fingerprint density at radius 1 is 1.03 bits per heavy atom. The number of sulfonamides is 1. The number of likely N-dealkylation sites (N-methyl/N-ethyl adjacent to an activating group) is 1. The number of aryl methyl sites for hydroxylation is 1. The van der Waals surface area contributed by atoms with Crippen LogP contribution in [0.3, 0.4) is 0 Å². The van der Waals surface area contributed by atoms with Crippen molar-refractivity contribution in [3.8, 4) is 0 Å². The van der Waals surface area contributed by atoms with E-state index in [1.807, 2.05) is 13.8 Å². The lowest BCUT2D eigenvalue weighted by Crippen LogP contribution is -2.51. The average molecular weight is 529 g/mol. The van der Waals surface area contributed by atoms with Gasteiger partial charge in [-0.05, 0) is 49.6 Å². The number of hydrogen-bond acceptors (Lipinski definition) is 4. The van der Waals surface area contributed by atoms with Crippen LogP contribution >= 0.6 is 23.2 Å². The molecule has 0 fully saturated rings. The summed E-state index contributed by atoms with van der Waals surface area (Å²) in [6.45, 7) is 5.73. The molecule has 0 aliphatic carbocycles. The Hall–Kier alpha value is -2.13. The molecule has 0 saturated carbocycles. The van der Waals surface area contributed by atoms with Crippen molar-refractivity contribution < 1.29 is 18.0 Å². The van der Waals surface area contributed by atoms with Crippen LogP contribution in [0.5, 0.6) is 0 Å². The van der Waals surface area contributed by atoms with Crippen molar-refractivity contribution in [2.24, 2.45) is 0 Å². The summed E-state index contributed by atoms with van der Waals surface area (Å²) in [6.07, 6.45) is 1.11. The summed E-state index contributed by atoms with van der Waals surface area (Å²) >= 11 is 12.2. The molecule has 0 unspecified atom stereocenters. The number of nitrogens with one attached hydrogen (secondary N) is 1. The van der Waals surface area contributed by atoms with Crippen molar-refractivity contribution in [3.05, 3.63) is 63.6 Å². The van der Waals surface area contributed by atoms with Crippen LogP contribution in [0.2, 0.25) is 10.0 Å². The summed E-state index contributed by atoms with van der Waals surface area (Å²) in [4.78, 5) is 27.7. The molecule has 0 saturated heterocycles. The highest BCUT2D eigenvalue weighted by molar-refractivity contribution is 7.89. The first-order valence-corrected chi connectivity index (χ1v) is 13.2. The molecule has 2 aromatic rings. The normalized spacial score (nSPS) is 12.4. The molecule has 0 heterocycles. The van der Waals surface area contributed by atoms with Crippen molar-refractivity contribution in [2.75, 3.05) is 20.1 Å². The molecule has 0 bridgehead atoms. The fraction of sp³-hybridized carbons (Fsp3) is 0.417. The van der Waals surface area contributed by atoms with Gasteiger partial charge in [0.1, 0.15) is 6.04 Å². The predicted molar refractivity (Wildman–Crippen MR) is 135 cm³/mol. The van der Waals surface area contributed by atoms with Crippen LogP contribution in [0.15, 0.2) is 47.4 Å². The Bertz CT molecular complexity index is 1110. The largest absolute Gasteiger partial charge is 0.354 e. The van der Waals surface area contributed by atoms with Crippen LogP contribution in [-0.2, 0) is 26.2 Å². The quantitative estimate of drug-likeness (QED) is 0.473. The first kappa shape index (κ1) is 28.1. The minimum Gasteiger partial charge on any atom is -0.354 e. The van der Waals surface area contributed by atoms with E-state index < -0.39 is 28.5 Å². The highest BCUT2D eigenvalue weighted by Crippen LogP contribution is 2.24. The number of benzene rings is 2. The standard InChI is InChI=1S/C24H31Cl2N3O4S/c1-5-13-27-24(31)22(6-2)29(15-18-9-12-20(25)21(26)14-18)23(30)16-28(4)34(32,33)19-10-7-17(3)8-11-19/h7-12,14,22H,5-6,13,15-16H2,1-4H3,(H,27,31)/t22-/m1/s1. The zero-order valence-corrected chi connectivity index (χ0v) is 22.2. The van der Waals surface area contributed by atoms with Crippen LogP contribution < -0.4 is 5.32 Å². The number of carbonyl (C=O) groups excluding carboxylic acids is 2. The second-order valence-electron chi connectivity index (χ2n) is 8.06. The molecule has 2 amide bonds. The van der Waals surface area contributed by atoms with E-state index in [-0.39, 0.29) is 17.3 Å². The van der Waals surface area contributed by atoms with E-state index in [0.717, 1.165) is 16.3 Å². The highest BCUT2D eigenvalue weighted by atomic mass is 35.5. The number of halogens is 2. The van der Waals surface area contributed by atoms with Crippen LogP contribution in [0, 0.1) is 6.92 Å². The van der Waals surface area contributed by atoms with Crippen molar-refractivity contribution in [1.82, 2.24) is 14.5 Å². The Morgan fingerprint density at radius 2 is 1.68 bits per heavy atom. The molecule has 10 heteroatoms. The van der Waals surface area contributed by atoms with E-state index in [9.17, 15) is 18.0 Å². The fourth-order valence-corrected chi connectivity index (χ4v) is 4.82. The van der Waals surface area contributed by atoms with Crippen molar-refractivity contribution in [2.45, 2.75) is 51.1 Å².